The first-order chi connectivity index (χ1) is 7.94. The van der Waals surface area contributed by atoms with Gasteiger partial charge in [0, 0.05) is 6.54 Å². The van der Waals surface area contributed by atoms with Gasteiger partial charge in [-0.05, 0) is 58.5 Å². The van der Waals surface area contributed by atoms with Gasteiger partial charge in [-0.1, -0.05) is 6.92 Å². The van der Waals surface area contributed by atoms with E-state index in [1.807, 2.05) is 6.08 Å². The molecule has 0 aromatic heterocycles. The van der Waals surface area contributed by atoms with E-state index in [1.54, 1.807) is 0 Å². The van der Waals surface area contributed by atoms with Crippen molar-refractivity contribution in [1.29, 1.82) is 0 Å². The first kappa shape index (κ1) is 11.5. The Morgan fingerprint density at radius 2 is 2.24 bits per heavy atom. The lowest BCUT2D eigenvalue weighted by atomic mass is 9.87. The van der Waals surface area contributed by atoms with Gasteiger partial charge in [0.05, 0.1) is 16.2 Å². The summed E-state index contributed by atoms with van der Waals surface area (Å²) in [6, 6.07) is 0.0928. The summed E-state index contributed by atoms with van der Waals surface area (Å²) in [5.41, 5.74) is 3.82. The molecule has 3 nitrogen and oxygen atoms in total. The number of hydrogen-bond acceptors (Lipinski definition) is 3. The van der Waals surface area contributed by atoms with Crippen LogP contribution < -0.4 is 10.6 Å². The Morgan fingerprint density at radius 1 is 1.53 bits per heavy atom. The quantitative estimate of drug-likeness (QED) is 0.643. The summed E-state index contributed by atoms with van der Waals surface area (Å²) in [5.74, 6) is 0.872. The van der Waals surface area contributed by atoms with E-state index >= 15 is 0 Å². The fourth-order valence-electron chi connectivity index (χ4n) is 3.36. The van der Waals surface area contributed by atoms with Crippen molar-refractivity contribution in [3.8, 4) is 0 Å². The van der Waals surface area contributed by atoms with Crippen LogP contribution in [0.2, 0.25) is 0 Å². The average Bonchev–Trinajstić information content (AvgIpc) is 2.71. The number of fused-ring (bicyclic) bond motifs is 2. The van der Waals surface area contributed by atoms with Gasteiger partial charge in [0.1, 0.15) is 5.76 Å². The Hall–Kier alpha value is -0.580. The molecule has 0 aromatic rings. The fourth-order valence-corrected chi connectivity index (χ4v) is 3.81. The van der Waals surface area contributed by atoms with E-state index in [0.29, 0.717) is 11.7 Å². The van der Waals surface area contributed by atoms with Crippen LogP contribution in [0, 0.1) is 5.92 Å². The summed E-state index contributed by atoms with van der Waals surface area (Å²) < 4.78 is 0.843. The second kappa shape index (κ2) is 3.46. The second-order valence-corrected chi connectivity index (χ2v) is 6.23. The largest absolute Gasteiger partial charge is 0.507 e. The van der Waals surface area contributed by atoms with E-state index in [2.05, 4.69) is 47.3 Å². The van der Waals surface area contributed by atoms with Gasteiger partial charge in [-0.2, -0.15) is 0 Å². The number of aliphatic hydroxyl groups is 1. The summed E-state index contributed by atoms with van der Waals surface area (Å²) >= 11 is 3.50. The molecule has 0 radical (unpaired) electrons. The highest BCUT2D eigenvalue weighted by molar-refractivity contribution is 9.11. The van der Waals surface area contributed by atoms with Crippen LogP contribution in [0.15, 0.2) is 33.0 Å². The smallest absolute Gasteiger partial charge is 0.127 e. The SMILES string of the molecule is CC1=CC(O)=C(Br)C2NC3(C)NCC(C)C3=C12. The van der Waals surface area contributed by atoms with Crippen molar-refractivity contribution < 1.29 is 5.11 Å². The lowest BCUT2D eigenvalue weighted by Crippen LogP contribution is -2.51. The Bertz CT molecular complexity index is 492. The summed E-state index contributed by atoms with van der Waals surface area (Å²) in [4.78, 5) is 0. The predicted octanol–water partition coefficient (Wildman–Crippen LogP) is 2.33. The van der Waals surface area contributed by atoms with E-state index in [9.17, 15) is 5.11 Å². The van der Waals surface area contributed by atoms with Crippen molar-refractivity contribution in [2.24, 2.45) is 5.92 Å². The van der Waals surface area contributed by atoms with Gasteiger partial charge < -0.3 is 5.11 Å². The van der Waals surface area contributed by atoms with E-state index in [0.717, 1.165) is 16.6 Å². The summed E-state index contributed by atoms with van der Waals surface area (Å²) in [6.07, 6.45) is 1.85. The third-order valence-corrected chi connectivity index (χ3v) is 4.95. The molecule has 2 aliphatic heterocycles. The Balaban J connectivity index is 2.20. The molecule has 0 saturated carbocycles. The molecular formula is C13H17BrN2O. The molecule has 0 aromatic carbocycles. The zero-order valence-electron chi connectivity index (χ0n) is 10.3. The molecule has 2 heterocycles. The highest BCUT2D eigenvalue weighted by atomic mass is 79.9. The van der Waals surface area contributed by atoms with Crippen molar-refractivity contribution in [3.05, 3.63) is 33.0 Å². The molecule has 3 rings (SSSR count). The maximum atomic E-state index is 9.88. The Morgan fingerprint density at radius 3 is 2.94 bits per heavy atom. The minimum Gasteiger partial charge on any atom is -0.507 e. The predicted molar refractivity (Wildman–Crippen MR) is 71.9 cm³/mol. The van der Waals surface area contributed by atoms with Crippen LogP contribution in [-0.4, -0.2) is 23.4 Å². The van der Waals surface area contributed by atoms with Crippen molar-refractivity contribution in [3.63, 3.8) is 0 Å². The topological polar surface area (TPSA) is 44.3 Å². The monoisotopic (exact) mass is 296 g/mol. The van der Waals surface area contributed by atoms with Crippen LogP contribution in [0.1, 0.15) is 20.8 Å². The molecule has 92 valence electrons. The van der Waals surface area contributed by atoms with Crippen LogP contribution in [-0.2, 0) is 0 Å². The van der Waals surface area contributed by atoms with Gasteiger partial charge in [-0.3, -0.25) is 10.6 Å². The summed E-state index contributed by atoms with van der Waals surface area (Å²) in [5, 5.41) is 17.0. The molecule has 3 N–H and O–H groups in total. The highest BCUT2D eigenvalue weighted by Gasteiger charge is 2.49. The normalized spacial score (nSPS) is 40.6. The zero-order valence-corrected chi connectivity index (χ0v) is 11.9. The van der Waals surface area contributed by atoms with Crippen LogP contribution in [0.3, 0.4) is 0 Å². The molecule has 0 spiro atoms. The Kier molecular flexibility index (Phi) is 2.35. The molecule has 1 aliphatic carbocycles. The molecule has 1 saturated heterocycles. The van der Waals surface area contributed by atoms with Crippen LogP contribution in [0.4, 0.5) is 0 Å². The minimum absolute atomic E-state index is 0.0928. The molecule has 3 atom stereocenters. The van der Waals surface area contributed by atoms with Crippen LogP contribution in [0.5, 0.6) is 0 Å². The molecule has 0 amide bonds. The van der Waals surface area contributed by atoms with Gasteiger partial charge in [0.25, 0.3) is 0 Å². The molecule has 1 fully saturated rings. The maximum absolute atomic E-state index is 9.88. The number of halogens is 1. The molecule has 0 bridgehead atoms. The molecule has 3 unspecified atom stereocenters. The van der Waals surface area contributed by atoms with E-state index in [1.165, 1.54) is 11.1 Å². The van der Waals surface area contributed by atoms with Gasteiger partial charge in [-0.25, -0.2) is 0 Å². The van der Waals surface area contributed by atoms with Gasteiger partial charge in [0.2, 0.25) is 0 Å². The maximum Gasteiger partial charge on any atom is 0.127 e. The highest BCUT2D eigenvalue weighted by Crippen LogP contribution is 2.46. The number of hydrogen-bond donors (Lipinski definition) is 3. The van der Waals surface area contributed by atoms with E-state index < -0.39 is 0 Å². The first-order valence-electron chi connectivity index (χ1n) is 5.98. The van der Waals surface area contributed by atoms with Gasteiger partial charge in [-0.15, -0.1) is 0 Å². The van der Waals surface area contributed by atoms with Gasteiger partial charge >= 0.3 is 0 Å². The Labute approximate surface area is 110 Å². The molecular weight excluding hydrogens is 280 g/mol. The number of rotatable bonds is 0. The zero-order chi connectivity index (χ0) is 12.4. The average molecular weight is 297 g/mol. The van der Waals surface area contributed by atoms with E-state index in [4.69, 9.17) is 0 Å². The second-order valence-electron chi connectivity index (χ2n) is 5.37. The number of allylic oxidation sites excluding steroid dienone is 1. The fraction of sp³-hybridized carbons (Fsp3) is 0.538. The van der Waals surface area contributed by atoms with Crippen molar-refractivity contribution in [2.75, 3.05) is 6.54 Å². The van der Waals surface area contributed by atoms with E-state index in [-0.39, 0.29) is 11.7 Å². The number of nitrogens with one attached hydrogen (secondary N) is 2. The van der Waals surface area contributed by atoms with Gasteiger partial charge in [0.15, 0.2) is 0 Å². The minimum atomic E-state index is -0.127. The summed E-state index contributed by atoms with van der Waals surface area (Å²) in [6.45, 7) is 7.52. The van der Waals surface area contributed by atoms with Crippen LogP contribution in [0.25, 0.3) is 0 Å². The van der Waals surface area contributed by atoms with Crippen molar-refractivity contribution in [1.82, 2.24) is 10.6 Å². The summed E-state index contributed by atoms with van der Waals surface area (Å²) in [7, 11) is 0. The standard InChI is InChI=1S/C13H17BrN2O/c1-6-4-8(17)11(14)12-9(6)10-7(2)5-15-13(10,3)16-12/h4,7,12,15-17H,5H2,1-3H3. The third kappa shape index (κ3) is 1.41. The third-order valence-electron chi connectivity index (χ3n) is 4.08. The van der Waals surface area contributed by atoms with Crippen LogP contribution >= 0.6 is 15.9 Å². The molecule has 3 aliphatic rings. The molecule has 4 heteroatoms. The first-order valence-corrected chi connectivity index (χ1v) is 6.78. The lowest BCUT2D eigenvalue weighted by molar-refractivity contribution is 0.383. The van der Waals surface area contributed by atoms with Crippen molar-refractivity contribution >= 4 is 15.9 Å². The van der Waals surface area contributed by atoms with Crippen molar-refractivity contribution in [2.45, 2.75) is 32.5 Å². The molecule has 17 heavy (non-hydrogen) atoms. The number of aliphatic hydroxyl groups excluding tert-OH is 1. The lowest BCUT2D eigenvalue weighted by Gasteiger charge is -2.26.